The molecule has 0 aliphatic heterocycles. The zero-order valence-electron chi connectivity index (χ0n) is 6.52. The molecule has 0 aliphatic carbocycles. The molecular formula is C7H13Cl2NS. The van der Waals surface area contributed by atoms with Crippen LogP contribution in [0.4, 0.5) is 0 Å². The van der Waals surface area contributed by atoms with Crippen LogP contribution in [0.3, 0.4) is 0 Å². The summed E-state index contributed by atoms with van der Waals surface area (Å²) in [6, 6.07) is 0.279. The molecule has 0 saturated carbocycles. The molecule has 1 unspecified atom stereocenters. The van der Waals surface area contributed by atoms with E-state index in [0.29, 0.717) is 5.03 Å². The number of hydrogen-bond donors (Lipinski definition) is 1. The second-order valence-electron chi connectivity index (χ2n) is 2.37. The third kappa shape index (κ3) is 8.54. The monoisotopic (exact) mass is 213 g/mol. The molecule has 0 spiro atoms. The van der Waals surface area contributed by atoms with Gasteiger partial charge in [-0.25, -0.2) is 0 Å². The summed E-state index contributed by atoms with van der Waals surface area (Å²) in [6.45, 7) is 2.00. The summed E-state index contributed by atoms with van der Waals surface area (Å²) in [5.41, 5.74) is 6.96. The van der Waals surface area contributed by atoms with Crippen molar-refractivity contribution in [1.82, 2.24) is 0 Å². The first-order chi connectivity index (χ1) is 5.16. The molecule has 0 aliphatic rings. The van der Waals surface area contributed by atoms with Crippen molar-refractivity contribution >= 4 is 35.0 Å². The van der Waals surface area contributed by atoms with E-state index < -0.39 is 0 Å². The van der Waals surface area contributed by atoms with Gasteiger partial charge in [0.05, 0.1) is 0 Å². The zero-order valence-corrected chi connectivity index (χ0v) is 8.85. The predicted molar refractivity (Wildman–Crippen MR) is 55.4 cm³/mol. The maximum Gasteiger partial charge on any atom is 0.0392 e. The maximum atomic E-state index is 5.66. The van der Waals surface area contributed by atoms with Crippen molar-refractivity contribution in [2.45, 2.75) is 19.4 Å². The molecule has 4 heteroatoms. The fourth-order valence-electron chi connectivity index (χ4n) is 0.470. The summed E-state index contributed by atoms with van der Waals surface area (Å²) in [6.07, 6.45) is 1.02. The number of hydrogen-bond acceptors (Lipinski definition) is 2. The fraction of sp³-hybridized carbons (Fsp3) is 0.714. The molecule has 66 valence electrons. The smallest absolute Gasteiger partial charge is 0.0392 e. The lowest BCUT2D eigenvalue weighted by atomic mass is 10.3. The Morgan fingerprint density at radius 2 is 2.36 bits per heavy atom. The van der Waals surface area contributed by atoms with E-state index in [9.17, 15) is 0 Å². The molecule has 0 aromatic rings. The van der Waals surface area contributed by atoms with Crippen LogP contribution in [-0.4, -0.2) is 17.5 Å². The Labute approximate surface area is 82.3 Å². The van der Waals surface area contributed by atoms with Crippen molar-refractivity contribution < 1.29 is 0 Å². The van der Waals surface area contributed by atoms with Gasteiger partial charge in [-0.2, -0.15) is 11.8 Å². The van der Waals surface area contributed by atoms with Gasteiger partial charge in [0.15, 0.2) is 0 Å². The summed E-state index contributed by atoms with van der Waals surface area (Å²) < 4.78 is 0. The quantitative estimate of drug-likeness (QED) is 0.712. The van der Waals surface area contributed by atoms with Gasteiger partial charge in [0.2, 0.25) is 0 Å². The van der Waals surface area contributed by atoms with Crippen LogP contribution in [0.5, 0.6) is 0 Å². The largest absolute Gasteiger partial charge is 0.328 e. The lowest BCUT2D eigenvalue weighted by Crippen LogP contribution is -2.15. The molecule has 0 rings (SSSR count). The molecule has 11 heavy (non-hydrogen) atoms. The van der Waals surface area contributed by atoms with Crippen LogP contribution in [0, 0.1) is 0 Å². The van der Waals surface area contributed by atoms with Gasteiger partial charge in [-0.3, -0.25) is 0 Å². The average Bonchev–Trinajstić information content (AvgIpc) is 1.97. The summed E-state index contributed by atoms with van der Waals surface area (Å²) in [7, 11) is 0. The maximum absolute atomic E-state index is 5.66. The van der Waals surface area contributed by atoms with Crippen molar-refractivity contribution in [3.8, 4) is 0 Å². The van der Waals surface area contributed by atoms with Gasteiger partial charge in [-0.05, 0) is 19.1 Å². The molecule has 0 aromatic carbocycles. The van der Waals surface area contributed by atoms with Crippen molar-refractivity contribution in [3.63, 3.8) is 0 Å². The Kier molecular flexibility index (Phi) is 7.71. The van der Waals surface area contributed by atoms with Crippen LogP contribution in [0.25, 0.3) is 0 Å². The van der Waals surface area contributed by atoms with E-state index >= 15 is 0 Å². The summed E-state index contributed by atoms with van der Waals surface area (Å²) >= 11 is 12.8. The van der Waals surface area contributed by atoms with Gasteiger partial charge < -0.3 is 5.73 Å². The Morgan fingerprint density at radius 3 is 2.82 bits per heavy atom. The predicted octanol–water partition coefficient (Wildman–Crippen LogP) is 2.78. The highest BCUT2D eigenvalue weighted by Crippen LogP contribution is 2.13. The van der Waals surface area contributed by atoms with Crippen LogP contribution in [0.1, 0.15) is 13.3 Å². The molecule has 1 nitrogen and oxygen atoms in total. The summed E-state index contributed by atoms with van der Waals surface area (Å²) in [5.74, 6) is 1.83. The number of halogens is 2. The van der Waals surface area contributed by atoms with Crippen LogP contribution in [-0.2, 0) is 0 Å². The Balaban J connectivity index is 3.15. The molecule has 0 bridgehead atoms. The molecule has 0 aromatic heterocycles. The third-order valence-electron chi connectivity index (χ3n) is 1.08. The van der Waals surface area contributed by atoms with E-state index in [1.807, 2.05) is 6.92 Å². The van der Waals surface area contributed by atoms with Crippen molar-refractivity contribution in [2.24, 2.45) is 5.73 Å². The lowest BCUT2D eigenvalue weighted by molar-refractivity contribution is 0.721. The highest BCUT2D eigenvalue weighted by Gasteiger charge is 1.95. The average molecular weight is 214 g/mol. The Morgan fingerprint density at radius 1 is 1.73 bits per heavy atom. The van der Waals surface area contributed by atoms with E-state index in [4.69, 9.17) is 28.9 Å². The first kappa shape index (κ1) is 11.6. The van der Waals surface area contributed by atoms with Gasteiger partial charge in [-0.15, -0.1) is 0 Å². The SMILES string of the molecule is CC(N)CCSCC(Cl)=CCl. The van der Waals surface area contributed by atoms with Gasteiger partial charge in [0.25, 0.3) is 0 Å². The van der Waals surface area contributed by atoms with Gasteiger partial charge in [-0.1, -0.05) is 23.2 Å². The highest BCUT2D eigenvalue weighted by atomic mass is 35.5. The third-order valence-corrected chi connectivity index (χ3v) is 2.89. The summed E-state index contributed by atoms with van der Waals surface area (Å²) in [4.78, 5) is 0. The number of nitrogens with two attached hydrogens (primary N) is 1. The number of thioether (sulfide) groups is 1. The minimum Gasteiger partial charge on any atom is -0.328 e. The van der Waals surface area contributed by atoms with E-state index in [0.717, 1.165) is 17.9 Å². The standard InChI is InChI=1S/C7H13Cl2NS/c1-6(10)2-3-11-5-7(9)4-8/h4,6H,2-3,5,10H2,1H3. The second-order valence-corrected chi connectivity index (χ2v) is 4.18. The van der Waals surface area contributed by atoms with Crippen molar-refractivity contribution in [2.75, 3.05) is 11.5 Å². The minimum atomic E-state index is 0.279. The molecular weight excluding hydrogens is 201 g/mol. The molecule has 1 atom stereocenters. The van der Waals surface area contributed by atoms with Gasteiger partial charge >= 0.3 is 0 Å². The Hall–Kier alpha value is 0.630. The number of rotatable bonds is 5. The van der Waals surface area contributed by atoms with Crippen molar-refractivity contribution in [1.29, 1.82) is 0 Å². The zero-order chi connectivity index (χ0) is 8.69. The summed E-state index contributed by atoms with van der Waals surface area (Å²) in [5, 5.41) is 0.696. The Bertz CT molecular complexity index is 126. The molecule has 2 N–H and O–H groups in total. The highest BCUT2D eigenvalue weighted by molar-refractivity contribution is 7.99. The molecule has 0 saturated heterocycles. The van der Waals surface area contributed by atoms with Gasteiger partial charge in [0.1, 0.15) is 0 Å². The first-order valence-corrected chi connectivity index (χ1v) is 5.41. The van der Waals surface area contributed by atoms with E-state index in [-0.39, 0.29) is 6.04 Å². The van der Waals surface area contributed by atoms with Gasteiger partial charge in [0, 0.05) is 22.4 Å². The molecule has 0 heterocycles. The first-order valence-electron chi connectivity index (χ1n) is 3.45. The van der Waals surface area contributed by atoms with E-state index in [2.05, 4.69) is 0 Å². The lowest BCUT2D eigenvalue weighted by Gasteiger charge is -2.03. The molecule has 0 radical (unpaired) electrons. The normalized spacial score (nSPS) is 15.1. The minimum absolute atomic E-state index is 0.279. The topological polar surface area (TPSA) is 26.0 Å². The second kappa shape index (κ2) is 7.29. The van der Waals surface area contributed by atoms with Crippen LogP contribution < -0.4 is 5.73 Å². The van der Waals surface area contributed by atoms with Crippen LogP contribution >= 0.6 is 35.0 Å². The van der Waals surface area contributed by atoms with E-state index in [1.54, 1.807) is 11.8 Å². The van der Waals surface area contributed by atoms with Crippen molar-refractivity contribution in [3.05, 3.63) is 10.6 Å². The molecule has 0 amide bonds. The fourth-order valence-corrected chi connectivity index (χ4v) is 1.83. The van der Waals surface area contributed by atoms with E-state index in [1.165, 1.54) is 5.54 Å². The van der Waals surface area contributed by atoms with Crippen LogP contribution in [0.15, 0.2) is 10.6 Å². The molecule has 0 fully saturated rings. The van der Waals surface area contributed by atoms with Crippen LogP contribution in [0.2, 0.25) is 0 Å².